The van der Waals surface area contributed by atoms with Crippen LogP contribution in [0, 0.1) is 10.8 Å². The lowest BCUT2D eigenvalue weighted by Crippen LogP contribution is -2.42. The van der Waals surface area contributed by atoms with Gasteiger partial charge < -0.3 is 19.7 Å². The molecule has 256 valence electrons. The first-order valence-corrected chi connectivity index (χ1v) is 17.5. The summed E-state index contributed by atoms with van der Waals surface area (Å²) >= 11 is 0. The van der Waals surface area contributed by atoms with Gasteiger partial charge >= 0.3 is 5.97 Å². The maximum absolute atomic E-state index is 11.9. The predicted molar refractivity (Wildman–Crippen MR) is 195 cm³/mol. The zero-order valence-corrected chi connectivity index (χ0v) is 29.8. The topological polar surface area (TPSA) is 76.0 Å². The number of hydrogen-bond donors (Lipinski definition) is 2. The Hall–Kier alpha value is -3.41. The van der Waals surface area contributed by atoms with E-state index in [9.17, 15) is 15.0 Å². The van der Waals surface area contributed by atoms with Crippen LogP contribution in [0.3, 0.4) is 0 Å². The Kier molecular flexibility index (Phi) is 14.7. The summed E-state index contributed by atoms with van der Waals surface area (Å²) in [5.41, 5.74) is 8.12. The number of benzene rings is 3. The highest BCUT2D eigenvalue weighted by atomic mass is 16.5. The Morgan fingerprint density at radius 3 is 2.04 bits per heavy atom. The Balaban J connectivity index is 1.82. The van der Waals surface area contributed by atoms with E-state index in [0.717, 1.165) is 29.7 Å². The molecule has 0 aliphatic carbocycles. The summed E-state index contributed by atoms with van der Waals surface area (Å²) in [6, 6.07) is 22.1. The summed E-state index contributed by atoms with van der Waals surface area (Å²) in [6.45, 7) is 16.6. The number of aliphatic hydroxyl groups is 2. The van der Waals surface area contributed by atoms with Gasteiger partial charge in [-0.15, -0.1) is 0 Å². The van der Waals surface area contributed by atoms with Crippen LogP contribution in [-0.2, 0) is 28.8 Å². The minimum absolute atomic E-state index is 0.0707. The van der Waals surface area contributed by atoms with E-state index in [-0.39, 0.29) is 24.6 Å². The number of unbranched alkanes of at least 4 members (excludes halogenated alkanes) is 2. The van der Waals surface area contributed by atoms with Crippen molar-refractivity contribution in [2.45, 2.75) is 99.3 Å². The fourth-order valence-corrected chi connectivity index (χ4v) is 6.07. The van der Waals surface area contributed by atoms with Gasteiger partial charge in [-0.05, 0) is 108 Å². The second kappa shape index (κ2) is 18.2. The SMILES string of the molecule is C=C(C)C(=O)OCCCc1cc(-c2ccc(-c3ccc(CCCCC)cc3)cc2CC)ccc1OCCCC(CO)(CO)C(C)(C)C. The molecule has 5 heteroatoms. The first-order chi connectivity index (χ1) is 22.5. The average Bonchev–Trinajstić information content (AvgIpc) is 3.06. The summed E-state index contributed by atoms with van der Waals surface area (Å²) in [6.07, 6.45) is 8.50. The van der Waals surface area contributed by atoms with Gasteiger partial charge in [0.25, 0.3) is 0 Å². The molecular weight excluding hydrogens is 584 g/mol. The molecule has 0 atom stereocenters. The van der Waals surface area contributed by atoms with Crippen LogP contribution in [0.4, 0.5) is 0 Å². The third-order valence-corrected chi connectivity index (χ3v) is 9.64. The van der Waals surface area contributed by atoms with Crippen molar-refractivity contribution in [2.75, 3.05) is 26.4 Å². The molecule has 2 N–H and O–H groups in total. The van der Waals surface area contributed by atoms with Crippen LogP contribution in [0.2, 0.25) is 0 Å². The zero-order valence-electron chi connectivity index (χ0n) is 29.8. The number of ether oxygens (including phenoxy) is 2. The molecule has 0 saturated heterocycles. The van der Waals surface area contributed by atoms with Crippen LogP contribution >= 0.6 is 0 Å². The number of rotatable bonds is 19. The molecule has 0 bridgehead atoms. The van der Waals surface area contributed by atoms with Crippen LogP contribution in [0.25, 0.3) is 22.3 Å². The molecule has 0 aliphatic heterocycles. The number of aryl methyl sites for hydroxylation is 3. The van der Waals surface area contributed by atoms with Crippen molar-refractivity contribution in [1.82, 2.24) is 0 Å². The first kappa shape index (κ1) is 38.0. The molecule has 3 aromatic carbocycles. The summed E-state index contributed by atoms with van der Waals surface area (Å²) < 4.78 is 11.7. The van der Waals surface area contributed by atoms with E-state index < -0.39 is 5.41 Å². The fourth-order valence-electron chi connectivity index (χ4n) is 6.07. The summed E-state index contributed by atoms with van der Waals surface area (Å²) in [4.78, 5) is 11.9. The van der Waals surface area contributed by atoms with Gasteiger partial charge in [0.05, 0.1) is 26.4 Å². The lowest BCUT2D eigenvalue weighted by Gasteiger charge is -2.42. The molecule has 0 spiro atoms. The largest absolute Gasteiger partial charge is 0.493 e. The standard InChI is InChI=1S/C42H58O5/c1-8-10-11-14-32-16-18-34(19-17-32)35-20-22-38(33(9-2)27-35)36-21-23-39(37(28-36)15-12-25-47-40(45)31(3)4)46-26-13-24-42(29-43,30-44)41(5,6)7/h16-23,27-28,43-44H,3,8-15,24-26,29-30H2,1-2,4-7H3. The molecule has 0 aliphatic rings. The Morgan fingerprint density at radius 2 is 1.43 bits per heavy atom. The molecule has 0 saturated carbocycles. The molecule has 0 heterocycles. The molecule has 3 aromatic rings. The zero-order chi connectivity index (χ0) is 34.5. The van der Waals surface area contributed by atoms with Crippen molar-refractivity contribution < 1.29 is 24.5 Å². The van der Waals surface area contributed by atoms with Crippen molar-refractivity contribution in [1.29, 1.82) is 0 Å². The monoisotopic (exact) mass is 642 g/mol. The maximum Gasteiger partial charge on any atom is 0.333 e. The number of aliphatic hydroxyl groups excluding tert-OH is 2. The van der Waals surface area contributed by atoms with Crippen molar-refractivity contribution in [3.8, 4) is 28.0 Å². The van der Waals surface area contributed by atoms with Crippen LogP contribution in [0.15, 0.2) is 72.8 Å². The summed E-state index contributed by atoms with van der Waals surface area (Å²) in [5, 5.41) is 20.3. The normalized spacial score (nSPS) is 11.8. The van der Waals surface area contributed by atoms with E-state index in [4.69, 9.17) is 9.47 Å². The van der Waals surface area contributed by atoms with Gasteiger partial charge in [0, 0.05) is 11.0 Å². The number of carbonyl (C=O) groups excluding carboxylic acids is 1. The van der Waals surface area contributed by atoms with Gasteiger partial charge in [0.1, 0.15) is 5.75 Å². The molecule has 0 unspecified atom stereocenters. The Morgan fingerprint density at radius 1 is 0.766 bits per heavy atom. The van der Waals surface area contributed by atoms with Crippen LogP contribution in [0.1, 0.15) is 96.8 Å². The minimum Gasteiger partial charge on any atom is -0.493 e. The maximum atomic E-state index is 11.9. The van der Waals surface area contributed by atoms with Crippen LogP contribution in [-0.4, -0.2) is 42.6 Å². The summed E-state index contributed by atoms with van der Waals surface area (Å²) in [7, 11) is 0. The highest BCUT2D eigenvalue weighted by Crippen LogP contribution is 2.42. The van der Waals surface area contributed by atoms with E-state index in [1.165, 1.54) is 47.1 Å². The quantitative estimate of drug-likeness (QED) is 0.0774. The van der Waals surface area contributed by atoms with Crippen LogP contribution in [0.5, 0.6) is 5.75 Å². The van der Waals surface area contributed by atoms with Crippen molar-refractivity contribution in [3.05, 3.63) is 89.5 Å². The van der Waals surface area contributed by atoms with Crippen molar-refractivity contribution in [3.63, 3.8) is 0 Å². The second-order valence-corrected chi connectivity index (χ2v) is 14.0. The molecule has 47 heavy (non-hydrogen) atoms. The van der Waals surface area contributed by atoms with Crippen molar-refractivity contribution >= 4 is 5.97 Å². The number of hydrogen-bond acceptors (Lipinski definition) is 5. The average molecular weight is 643 g/mol. The van der Waals surface area contributed by atoms with E-state index in [2.05, 4.69) is 95.8 Å². The molecule has 3 rings (SSSR count). The molecule has 0 radical (unpaired) electrons. The van der Waals surface area contributed by atoms with E-state index in [1.807, 2.05) is 6.07 Å². The smallest absolute Gasteiger partial charge is 0.333 e. The summed E-state index contributed by atoms with van der Waals surface area (Å²) in [5.74, 6) is 0.437. The van der Waals surface area contributed by atoms with E-state index in [1.54, 1.807) is 6.92 Å². The third kappa shape index (κ3) is 10.5. The Labute approximate surface area is 284 Å². The van der Waals surface area contributed by atoms with E-state index >= 15 is 0 Å². The number of carbonyl (C=O) groups is 1. The molecule has 5 nitrogen and oxygen atoms in total. The molecule has 0 fully saturated rings. The minimum atomic E-state index is -0.574. The molecular formula is C42H58O5. The fraction of sp³-hybridized carbons (Fsp3) is 0.500. The Bertz CT molecular complexity index is 1430. The molecule has 0 aromatic heterocycles. The van der Waals surface area contributed by atoms with Gasteiger partial charge in [0.15, 0.2) is 0 Å². The third-order valence-electron chi connectivity index (χ3n) is 9.64. The predicted octanol–water partition coefficient (Wildman–Crippen LogP) is 9.54. The van der Waals surface area contributed by atoms with Crippen LogP contribution < -0.4 is 4.74 Å². The van der Waals surface area contributed by atoms with E-state index in [0.29, 0.717) is 44.5 Å². The highest BCUT2D eigenvalue weighted by Gasteiger charge is 2.40. The molecule has 0 amide bonds. The van der Waals surface area contributed by atoms with Gasteiger partial charge in [-0.2, -0.15) is 0 Å². The van der Waals surface area contributed by atoms with Gasteiger partial charge in [-0.3, -0.25) is 0 Å². The first-order valence-electron chi connectivity index (χ1n) is 17.5. The van der Waals surface area contributed by atoms with Crippen molar-refractivity contribution in [2.24, 2.45) is 10.8 Å². The lowest BCUT2D eigenvalue weighted by molar-refractivity contribution is -0.139. The van der Waals surface area contributed by atoms with Gasteiger partial charge in [-0.1, -0.05) is 103 Å². The lowest BCUT2D eigenvalue weighted by atomic mass is 9.65. The van der Waals surface area contributed by atoms with Gasteiger partial charge in [-0.25, -0.2) is 4.79 Å². The highest BCUT2D eigenvalue weighted by molar-refractivity contribution is 5.86. The number of esters is 1. The van der Waals surface area contributed by atoms with Gasteiger partial charge in [0.2, 0.25) is 0 Å². The second-order valence-electron chi connectivity index (χ2n) is 14.0.